The number of benzene rings is 1. The zero-order valence-corrected chi connectivity index (χ0v) is 14.6. The van der Waals surface area contributed by atoms with Gasteiger partial charge < -0.3 is 5.11 Å². The van der Waals surface area contributed by atoms with Gasteiger partial charge >= 0.3 is 0 Å². The van der Waals surface area contributed by atoms with Crippen LogP contribution in [0.5, 0.6) is 0 Å². The van der Waals surface area contributed by atoms with Crippen molar-refractivity contribution >= 4 is 29.3 Å². The number of hydrogen-bond acceptors (Lipinski definition) is 3. The fourth-order valence-electron chi connectivity index (χ4n) is 3.15. The molecule has 6 heteroatoms. The highest BCUT2D eigenvalue weighted by molar-refractivity contribution is 6.42. The lowest BCUT2D eigenvalue weighted by atomic mass is 9.76. The summed E-state index contributed by atoms with van der Waals surface area (Å²) in [6.07, 6.45) is 6.86. The maximum Gasteiger partial charge on any atom is 0.137 e. The first-order chi connectivity index (χ1) is 10.8. The van der Waals surface area contributed by atoms with Crippen molar-refractivity contribution in [2.75, 3.05) is 0 Å². The normalized spacial score (nSPS) is 25.2. The predicted molar refractivity (Wildman–Crippen MR) is 92.4 cm³/mol. The second-order valence-electron chi connectivity index (χ2n) is 6.68. The number of aromatic nitrogens is 3. The summed E-state index contributed by atoms with van der Waals surface area (Å²) in [7, 11) is 0. The van der Waals surface area contributed by atoms with Crippen molar-refractivity contribution in [2.45, 2.75) is 38.8 Å². The Morgan fingerprint density at radius 3 is 2.74 bits per heavy atom. The van der Waals surface area contributed by atoms with Gasteiger partial charge in [0.2, 0.25) is 0 Å². The lowest BCUT2D eigenvalue weighted by Gasteiger charge is -2.37. The van der Waals surface area contributed by atoms with Crippen molar-refractivity contribution in [1.29, 1.82) is 0 Å². The third kappa shape index (κ3) is 3.03. The molecule has 0 amide bonds. The minimum Gasteiger partial charge on any atom is -0.383 e. The average Bonchev–Trinajstić information content (AvgIpc) is 3.06. The van der Waals surface area contributed by atoms with E-state index in [4.69, 9.17) is 23.2 Å². The van der Waals surface area contributed by atoms with Gasteiger partial charge in [0.25, 0.3) is 0 Å². The van der Waals surface area contributed by atoms with Crippen LogP contribution in [-0.4, -0.2) is 25.5 Å². The molecule has 0 aliphatic heterocycles. The van der Waals surface area contributed by atoms with Crippen molar-refractivity contribution in [2.24, 2.45) is 5.41 Å². The first-order valence-electron chi connectivity index (χ1n) is 7.53. The maximum atomic E-state index is 11.4. The second-order valence-corrected chi connectivity index (χ2v) is 7.49. The second kappa shape index (κ2) is 5.93. The molecule has 1 aromatic heterocycles. The molecule has 1 heterocycles. The van der Waals surface area contributed by atoms with Crippen LogP contribution in [0.3, 0.4) is 0 Å². The summed E-state index contributed by atoms with van der Waals surface area (Å²) in [6, 6.07) is 5.49. The molecule has 2 aromatic rings. The van der Waals surface area contributed by atoms with Gasteiger partial charge in [0, 0.05) is 0 Å². The third-order valence-electron chi connectivity index (χ3n) is 4.81. The summed E-state index contributed by atoms with van der Waals surface area (Å²) in [4.78, 5) is 3.96. The molecular weight excluding hydrogens is 333 g/mol. The fraction of sp³-hybridized carbons (Fsp3) is 0.412. The first-order valence-corrected chi connectivity index (χ1v) is 8.28. The largest absolute Gasteiger partial charge is 0.383 e. The maximum absolute atomic E-state index is 11.4. The number of aliphatic hydroxyl groups is 1. The van der Waals surface area contributed by atoms with Crippen molar-refractivity contribution in [3.8, 4) is 0 Å². The fourth-order valence-corrected chi connectivity index (χ4v) is 3.46. The highest BCUT2D eigenvalue weighted by Crippen LogP contribution is 2.50. The minimum absolute atomic E-state index is 0.249. The van der Waals surface area contributed by atoms with Gasteiger partial charge in [-0.1, -0.05) is 49.2 Å². The average molecular weight is 352 g/mol. The van der Waals surface area contributed by atoms with E-state index in [0.717, 1.165) is 24.0 Å². The molecule has 1 aliphatic rings. The molecule has 1 aliphatic carbocycles. The molecule has 3 rings (SSSR count). The lowest BCUT2D eigenvalue weighted by Crippen LogP contribution is -2.45. The van der Waals surface area contributed by atoms with Gasteiger partial charge in [0.05, 0.1) is 16.6 Å². The van der Waals surface area contributed by atoms with Crippen molar-refractivity contribution in [1.82, 2.24) is 14.8 Å². The van der Waals surface area contributed by atoms with Crippen LogP contribution in [-0.2, 0) is 6.54 Å². The summed E-state index contributed by atoms with van der Waals surface area (Å²) in [5, 5.41) is 16.6. The number of nitrogens with zero attached hydrogens (tertiary/aromatic N) is 3. The quantitative estimate of drug-likeness (QED) is 0.900. The molecule has 1 aromatic carbocycles. The van der Waals surface area contributed by atoms with Crippen LogP contribution in [0.15, 0.2) is 36.4 Å². The van der Waals surface area contributed by atoms with E-state index in [1.807, 2.05) is 18.2 Å². The molecule has 0 saturated heterocycles. The van der Waals surface area contributed by atoms with E-state index in [0.29, 0.717) is 16.6 Å². The van der Waals surface area contributed by atoms with Gasteiger partial charge in [-0.3, -0.25) is 0 Å². The predicted octanol–water partition coefficient (Wildman–Crippen LogP) is 4.22. The smallest absolute Gasteiger partial charge is 0.137 e. The van der Waals surface area contributed by atoms with E-state index < -0.39 is 5.60 Å². The van der Waals surface area contributed by atoms with Crippen LogP contribution in [0.25, 0.3) is 6.08 Å². The number of rotatable bonds is 3. The lowest BCUT2D eigenvalue weighted by molar-refractivity contribution is -0.0298. The van der Waals surface area contributed by atoms with E-state index in [1.54, 1.807) is 17.1 Å². The Hall–Kier alpha value is -1.36. The molecule has 1 unspecified atom stereocenters. The van der Waals surface area contributed by atoms with Gasteiger partial charge in [-0.05, 0) is 41.5 Å². The van der Waals surface area contributed by atoms with E-state index in [2.05, 4.69) is 23.9 Å². The van der Waals surface area contributed by atoms with E-state index in [-0.39, 0.29) is 5.41 Å². The zero-order valence-electron chi connectivity index (χ0n) is 13.1. The molecule has 4 nitrogen and oxygen atoms in total. The number of hydrogen-bond donors (Lipinski definition) is 1. The molecular formula is C17H19Cl2N3O. The molecule has 23 heavy (non-hydrogen) atoms. The van der Waals surface area contributed by atoms with Crippen LogP contribution in [0.4, 0.5) is 0 Å². The summed E-state index contributed by atoms with van der Waals surface area (Å²) in [5.41, 5.74) is 0.689. The van der Waals surface area contributed by atoms with Crippen LogP contribution in [0.1, 0.15) is 32.3 Å². The minimum atomic E-state index is -0.979. The standard InChI is InChI=1S/C17H19Cl2N3O/c1-16(2)6-5-13(7-12-3-4-14(18)15(19)8-12)17(16,23)9-22-11-20-10-21-22/h3-4,7-8,10-11,23H,5-6,9H2,1-2H3/b13-7-. The summed E-state index contributed by atoms with van der Waals surface area (Å²) in [6.45, 7) is 4.55. The summed E-state index contributed by atoms with van der Waals surface area (Å²) >= 11 is 12.1. The monoisotopic (exact) mass is 351 g/mol. The molecule has 1 fully saturated rings. The molecule has 0 radical (unpaired) electrons. The van der Waals surface area contributed by atoms with Gasteiger partial charge in [-0.15, -0.1) is 0 Å². The van der Waals surface area contributed by atoms with Crippen LogP contribution in [0, 0.1) is 5.41 Å². The van der Waals surface area contributed by atoms with Crippen molar-refractivity contribution in [3.63, 3.8) is 0 Å². The Bertz CT molecular complexity index is 740. The van der Waals surface area contributed by atoms with E-state index in [9.17, 15) is 5.11 Å². The zero-order chi connectivity index (χ0) is 16.7. The SMILES string of the molecule is CC1(C)CC/C(=C/c2ccc(Cl)c(Cl)c2)C1(O)Cn1cncn1. The highest BCUT2D eigenvalue weighted by atomic mass is 35.5. The molecule has 1 saturated carbocycles. The summed E-state index contributed by atoms with van der Waals surface area (Å²) < 4.78 is 1.68. The Labute approximate surface area is 145 Å². The van der Waals surface area contributed by atoms with Crippen LogP contribution >= 0.6 is 23.2 Å². The van der Waals surface area contributed by atoms with E-state index >= 15 is 0 Å². The van der Waals surface area contributed by atoms with Crippen LogP contribution < -0.4 is 0 Å². The topological polar surface area (TPSA) is 50.9 Å². The molecule has 1 N–H and O–H groups in total. The van der Waals surface area contributed by atoms with Crippen molar-refractivity contribution < 1.29 is 5.11 Å². The Balaban J connectivity index is 1.99. The Morgan fingerprint density at radius 2 is 2.09 bits per heavy atom. The van der Waals surface area contributed by atoms with Crippen LogP contribution in [0.2, 0.25) is 10.0 Å². The first kappa shape index (κ1) is 16.5. The Morgan fingerprint density at radius 1 is 1.30 bits per heavy atom. The molecule has 122 valence electrons. The number of halogens is 2. The van der Waals surface area contributed by atoms with Gasteiger partial charge in [-0.2, -0.15) is 5.10 Å². The molecule has 0 bridgehead atoms. The molecule has 0 spiro atoms. The van der Waals surface area contributed by atoms with Gasteiger partial charge in [-0.25, -0.2) is 9.67 Å². The third-order valence-corrected chi connectivity index (χ3v) is 5.55. The Kier molecular flexibility index (Phi) is 4.25. The highest BCUT2D eigenvalue weighted by Gasteiger charge is 2.51. The molecule has 1 atom stereocenters. The van der Waals surface area contributed by atoms with Gasteiger partial charge in [0.1, 0.15) is 18.3 Å². The van der Waals surface area contributed by atoms with E-state index in [1.165, 1.54) is 6.33 Å². The summed E-state index contributed by atoms with van der Waals surface area (Å²) in [5.74, 6) is 0. The van der Waals surface area contributed by atoms with Crippen molar-refractivity contribution in [3.05, 3.63) is 52.0 Å². The van der Waals surface area contributed by atoms with Gasteiger partial charge in [0.15, 0.2) is 0 Å².